The third-order valence-corrected chi connectivity index (χ3v) is 4.54. The minimum Gasteiger partial charge on any atom is -0.480 e. The number of rotatable bonds is 10. The minimum absolute atomic E-state index is 0.0265. The lowest BCUT2D eigenvalue weighted by Gasteiger charge is -2.21. The van der Waals surface area contributed by atoms with Gasteiger partial charge in [0.05, 0.1) is 0 Å². The van der Waals surface area contributed by atoms with Gasteiger partial charge in [-0.1, -0.05) is 74.5 Å². The van der Waals surface area contributed by atoms with Gasteiger partial charge in [-0.3, -0.25) is 9.59 Å². The van der Waals surface area contributed by atoms with E-state index >= 15 is 0 Å². The molecule has 0 saturated carbocycles. The number of hydrogen-bond donors (Lipinski definition) is 2. The van der Waals surface area contributed by atoms with Gasteiger partial charge in [0.1, 0.15) is 6.04 Å². The Balaban J connectivity index is 2.17. The van der Waals surface area contributed by atoms with Crippen LogP contribution in [0.25, 0.3) is 0 Å². The van der Waals surface area contributed by atoms with Crippen LogP contribution in [0, 0.1) is 11.8 Å². The molecule has 0 aromatic heterocycles. The first-order valence-electron chi connectivity index (χ1n) is 9.52. The topological polar surface area (TPSA) is 83.5 Å². The van der Waals surface area contributed by atoms with E-state index in [1.165, 1.54) is 0 Å². The Kier molecular flexibility index (Phi) is 7.93. The Morgan fingerprint density at radius 1 is 0.929 bits per heavy atom. The lowest BCUT2D eigenvalue weighted by molar-refractivity contribution is -0.142. The van der Waals surface area contributed by atoms with E-state index < -0.39 is 23.8 Å². The fourth-order valence-electron chi connectivity index (χ4n) is 3.10. The number of ketones is 1. The Hall–Kier alpha value is -2.95. The summed E-state index contributed by atoms with van der Waals surface area (Å²) in [7, 11) is 0. The maximum atomic E-state index is 12.9. The predicted octanol–water partition coefficient (Wildman–Crippen LogP) is 3.73. The van der Waals surface area contributed by atoms with Gasteiger partial charge in [0.15, 0.2) is 5.78 Å². The predicted molar refractivity (Wildman–Crippen MR) is 108 cm³/mol. The van der Waals surface area contributed by atoms with Gasteiger partial charge in [0, 0.05) is 17.9 Å². The van der Waals surface area contributed by atoms with E-state index in [-0.39, 0.29) is 18.1 Å². The van der Waals surface area contributed by atoms with Crippen molar-refractivity contribution in [2.75, 3.05) is 0 Å². The second-order valence-corrected chi connectivity index (χ2v) is 7.41. The van der Waals surface area contributed by atoms with Crippen molar-refractivity contribution in [3.05, 3.63) is 71.8 Å². The first kappa shape index (κ1) is 21.4. The zero-order valence-corrected chi connectivity index (χ0v) is 16.3. The number of aliphatic carboxylic acids is 1. The third kappa shape index (κ3) is 6.65. The van der Waals surface area contributed by atoms with E-state index in [1.807, 2.05) is 50.2 Å². The van der Waals surface area contributed by atoms with Crippen LogP contribution in [0.1, 0.15) is 42.6 Å². The normalized spacial score (nSPS) is 13.0. The number of carbonyl (C=O) groups excluding carboxylic acids is 2. The van der Waals surface area contributed by atoms with Crippen LogP contribution in [0.15, 0.2) is 60.7 Å². The zero-order chi connectivity index (χ0) is 20.5. The molecule has 0 radical (unpaired) electrons. The smallest absolute Gasteiger partial charge is 0.326 e. The molecule has 2 atom stereocenters. The van der Waals surface area contributed by atoms with Gasteiger partial charge in [-0.15, -0.1) is 0 Å². The van der Waals surface area contributed by atoms with Gasteiger partial charge in [-0.2, -0.15) is 0 Å². The molecular formula is C23H27NO4. The highest BCUT2D eigenvalue weighted by atomic mass is 16.4. The number of hydrogen-bond acceptors (Lipinski definition) is 3. The minimum atomic E-state index is -1.06. The zero-order valence-electron chi connectivity index (χ0n) is 16.3. The van der Waals surface area contributed by atoms with E-state index in [9.17, 15) is 19.5 Å². The molecule has 148 valence electrons. The van der Waals surface area contributed by atoms with Crippen LogP contribution in [-0.2, 0) is 16.0 Å². The summed E-state index contributed by atoms with van der Waals surface area (Å²) in [6, 6.07) is 17.3. The van der Waals surface area contributed by atoms with Crippen LogP contribution < -0.4 is 5.32 Å². The summed E-state index contributed by atoms with van der Waals surface area (Å²) in [4.78, 5) is 37.0. The van der Waals surface area contributed by atoms with Crippen molar-refractivity contribution in [3.63, 3.8) is 0 Å². The van der Waals surface area contributed by atoms with E-state index in [0.29, 0.717) is 18.4 Å². The molecule has 2 rings (SSSR count). The highest BCUT2D eigenvalue weighted by Gasteiger charge is 2.28. The van der Waals surface area contributed by atoms with Crippen LogP contribution >= 0.6 is 0 Å². The Morgan fingerprint density at radius 3 is 2.04 bits per heavy atom. The summed E-state index contributed by atoms with van der Waals surface area (Å²) < 4.78 is 0. The third-order valence-electron chi connectivity index (χ3n) is 4.54. The first-order valence-corrected chi connectivity index (χ1v) is 9.52. The molecule has 0 spiro atoms. The molecule has 0 aliphatic heterocycles. The van der Waals surface area contributed by atoms with E-state index in [4.69, 9.17) is 0 Å². The SMILES string of the molecule is CC(C)C[C@H](NC(=O)C(CC(=O)c1ccccc1)Cc1ccccc1)C(=O)O. The molecule has 5 heteroatoms. The van der Waals surface area contributed by atoms with Crippen molar-refractivity contribution in [3.8, 4) is 0 Å². The molecule has 2 N–H and O–H groups in total. The van der Waals surface area contributed by atoms with Crippen LogP contribution in [0.3, 0.4) is 0 Å². The van der Waals surface area contributed by atoms with Gasteiger partial charge in [-0.05, 0) is 24.3 Å². The fourth-order valence-corrected chi connectivity index (χ4v) is 3.10. The summed E-state index contributed by atoms with van der Waals surface area (Å²) in [5.74, 6) is -2.10. The number of amides is 1. The number of carboxylic acid groups (broad SMARTS) is 1. The van der Waals surface area contributed by atoms with Gasteiger partial charge in [0.2, 0.25) is 5.91 Å². The molecule has 1 unspecified atom stereocenters. The van der Waals surface area contributed by atoms with Crippen LogP contribution in [0.2, 0.25) is 0 Å². The molecule has 2 aromatic carbocycles. The average Bonchev–Trinajstić information content (AvgIpc) is 2.68. The molecule has 28 heavy (non-hydrogen) atoms. The number of carboxylic acids is 1. The van der Waals surface area contributed by atoms with Crippen LogP contribution in [0.4, 0.5) is 0 Å². The summed E-state index contributed by atoms with van der Waals surface area (Å²) in [6.07, 6.45) is 0.740. The standard InChI is InChI=1S/C23H27NO4/c1-16(2)13-20(23(27)28)24-22(26)19(14-17-9-5-3-6-10-17)15-21(25)18-11-7-4-8-12-18/h3-12,16,19-20H,13-15H2,1-2H3,(H,24,26)(H,27,28)/t19?,20-/m0/s1. The lowest BCUT2D eigenvalue weighted by atomic mass is 9.90. The summed E-state index contributed by atoms with van der Waals surface area (Å²) in [6.45, 7) is 3.81. The van der Waals surface area contributed by atoms with Crippen LogP contribution in [-0.4, -0.2) is 28.8 Å². The number of nitrogens with one attached hydrogen (secondary N) is 1. The maximum absolute atomic E-state index is 12.9. The highest BCUT2D eigenvalue weighted by molar-refractivity contribution is 5.99. The van der Waals surface area contributed by atoms with Crippen LogP contribution in [0.5, 0.6) is 0 Å². The van der Waals surface area contributed by atoms with E-state index in [0.717, 1.165) is 5.56 Å². The molecular weight excluding hydrogens is 354 g/mol. The Bertz CT molecular complexity index is 787. The summed E-state index contributed by atoms with van der Waals surface area (Å²) in [5.41, 5.74) is 1.48. The summed E-state index contributed by atoms with van der Waals surface area (Å²) >= 11 is 0. The first-order chi connectivity index (χ1) is 13.4. The van der Waals surface area contributed by atoms with Gasteiger partial charge in [0.25, 0.3) is 0 Å². The molecule has 0 bridgehead atoms. The van der Waals surface area contributed by atoms with Crippen molar-refractivity contribution in [1.82, 2.24) is 5.32 Å². The van der Waals surface area contributed by atoms with Crippen molar-refractivity contribution in [1.29, 1.82) is 0 Å². The number of Topliss-reactive ketones (excluding diaryl/α,β-unsaturated/α-hetero) is 1. The highest BCUT2D eigenvalue weighted by Crippen LogP contribution is 2.17. The van der Waals surface area contributed by atoms with Gasteiger partial charge in [-0.25, -0.2) is 4.79 Å². The largest absolute Gasteiger partial charge is 0.480 e. The molecule has 0 aliphatic carbocycles. The molecule has 0 heterocycles. The van der Waals surface area contributed by atoms with Crippen molar-refractivity contribution < 1.29 is 19.5 Å². The van der Waals surface area contributed by atoms with Crippen molar-refractivity contribution >= 4 is 17.7 Å². The van der Waals surface area contributed by atoms with E-state index in [2.05, 4.69) is 5.32 Å². The Labute approximate surface area is 165 Å². The van der Waals surface area contributed by atoms with Gasteiger partial charge < -0.3 is 10.4 Å². The Morgan fingerprint density at radius 2 is 1.50 bits per heavy atom. The summed E-state index contributed by atoms with van der Waals surface area (Å²) in [5, 5.41) is 12.1. The average molecular weight is 381 g/mol. The molecule has 0 fully saturated rings. The fraction of sp³-hybridized carbons (Fsp3) is 0.348. The van der Waals surface area contributed by atoms with Crippen molar-refractivity contribution in [2.45, 2.75) is 39.2 Å². The lowest BCUT2D eigenvalue weighted by Crippen LogP contribution is -2.45. The van der Waals surface area contributed by atoms with Gasteiger partial charge >= 0.3 is 5.97 Å². The molecule has 5 nitrogen and oxygen atoms in total. The number of benzene rings is 2. The quantitative estimate of drug-likeness (QED) is 0.614. The molecule has 0 saturated heterocycles. The number of carbonyl (C=O) groups is 3. The second-order valence-electron chi connectivity index (χ2n) is 7.41. The second kappa shape index (κ2) is 10.4. The monoisotopic (exact) mass is 381 g/mol. The van der Waals surface area contributed by atoms with E-state index in [1.54, 1.807) is 24.3 Å². The van der Waals surface area contributed by atoms with Crippen molar-refractivity contribution in [2.24, 2.45) is 11.8 Å². The molecule has 0 aliphatic rings. The molecule has 1 amide bonds. The molecule has 2 aromatic rings. The maximum Gasteiger partial charge on any atom is 0.326 e.